The molecule has 0 saturated carbocycles. The molecule has 0 bridgehead atoms. The van der Waals surface area contributed by atoms with Crippen molar-refractivity contribution >= 4 is 11.8 Å². The fourth-order valence-corrected chi connectivity index (χ4v) is 2.82. The number of halogens is 3. The van der Waals surface area contributed by atoms with Gasteiger partial charge in [-0.15, -0.1) is 0 Å². The van der Waals surface area contributed by atoms with Gasteiger partial charge in [-0.05, 0) is 31.9 Å². The van der Waals surface area contributed by atoms with Crippen LogP contribution in [-0.2, 0) is 0 Å². The molecule has 138 valence electrons. The zero-order valence-electron chi connectivity index (χ0n) is 13.9. The van der Waals surface area contributed by atoms with Gasteiger partial charge in [0.25, 0.3) is 11.8 Å². The Morgan fingerprint density at radius 2 is 1.88 bits per heavy atom. The average molecular weight is 367 g/mol. The molecule has 0 spiro atoms. The Morgan fingerprint density at radius 3 is 2.50 bits per heavy atom. The second kappa shape index (κ2) is 7.19. The van der Waals surface area contributed by atoms with Gasteiger partial charge in [-0.1, -0.05) is 5.16 Å². The van der Waals surface area contributed by atoms with E-state index in [0.29, 0.717) is 18.6 Å². The number of aryl methyl sites for hydroxylation is 1. The Kier molecular flexibility index (Phi) is 4.97. The molecule has 1 fully saturated rings. The quantitative estimate of drug-likeness (QED) is 0.846. The van der Waals surface area contributed by atoms with Crippen LogP contribution in [0.2, 0.25) is 0 Å². The maximum atomic E-state index is 13.8. The summed E-state index contributed by atoms with van der Waals surface area (Å²) in [6, 6.07) is 2.98. The number of hydrogen-bond acceptors (Lipinski definition) is 4. The normalized spacial score (nSPS) is 15.2. The van der Waals surface area contributed by atoms with E-state index < -0.39 is 28.9 Å². The summed E-state index contributed by atoms with van der Waals surface area (Å²) in [6.07, 6.45) is 0.888. The van der Waals surface area contributed by atoms with Gasteiger partial charge in [0.2, 0.25) is 0 Å². The highest BCUT2D eigenvalue weighted by Gasteiger charge is 2.28. The molecule has 0 aliphatic carbocycles. The van der Waals surface area contributed by atoms with Crippen molar-refractivity contribution in [3.63, 3.8) is 0 Å². The van der Waals surface area contributed by atoms with Crippen LogP contribution >= 0.6 is 0 Å². The first-order valence-corrected chi connectivity index (χ1v) is 8.03. The molecule has 1 aliphatic heterocycles. The van der Waals surface area contributed by atoms with E-state index in [4.69, 9.17) is 4.52 Å². The van der Waals surface area contributed by atoms with E-state index in [0.717, 1.165) is 12.1 Å². The van der Waals surface area contributed by atoms with Crippen LogP contribution in [0.5, 0.6) is 0 Å². The molecule has 1 N–H and O–H groups in total. The Morgan fingerprint density at radius 1 is 1.19 bits per heavy atom. The fourth-order valence-electron chi connectivity index (χ4n) is 2.82. The van der Waals surface area contributed by atoms with Gasteiger partial charge in [0, 0.05) is 25.2 Å². The zero-order chi connectivity index (χ0) is 18.8. The molecule has 2 amide bonds. The Hall–Kier alpha value is -2.84. The maximum Gasteiger partial charge on any atom is 0.273 e. The number of likely N-dealkylation sites (tertiary alicyclic amines) is 1. The third kappa shape index (κ3) is 3.56. The number of aromatic nitrogens is 1. The van der Waals surface area contributed by atoms with E-state index in [-0.39, 0.29) is 30.7 Å². The monoisotopic (exact) mass is 367 g/mol. The van der Waals surface area contributed by atoms with Gasteiger partial charge in [-0.2, -0.15) is 0 Å². The van der Waals surface area contributed by atoms with Gasteiger partial charge in [-0.3, -0.25) is 9.59 Å². The standard InChI is InChI=1S/C17H16F3N3O3/c1-9-8-13(22-26-9)16(24)21-10-4-6-23(7-5-10)17(25)11-2-3-12(18)15(20)14(11)19/h2-3,8,10H,4-7H2,1H3,(H,21,24). The smallest absolute Gasteiger partial charge is 0.273 e. The Bertz CT molecular complexity index is 845. The summed E-state index contributed by atoms with van der Waals surface area (Å²) in [5.74, 6) is -5.07. The Balaban J connectivity index is 1.59. The van der Waals surface area contributed by atoms with Crippen LogP contribution in [0.3, 0.4) is 0 Å². The number of nitrogens with one attached hydrogen (secondary N) is 1. The molecule has 9 heteroatoms. The van der Waals surface area contributed by atoms with E-state index >= 15 is 0 Å². The summed E-state index contributed by atoms with van der Waals surface area (Å²) in [4.78, 5) is 25.7. The SMILES string of the molecule is Cc1cc(C(=O)NC2CCN(C(=O)c3ccc(F)c(F)c3F)CC2)no1. The van der Waals surface area contributed by atoms with Crippen LogP contribution in [0.4, 0.5) is 13.2 Å². The third-order valence-corrected chi connectivity index (χ3v) is 4.24. The van der Waals surface area contributed by atoms with E-state index in [1.807, 2.05) is 0 Å². The molecule has 2 heterocycles. The minimum atomic E-state index is -1.67. The molecule has 1 aliphatic rings. The predicted octanol–water partition coefficient (Wildman–Crippen LogP) is 2.43. The lowest BCUT2D eigenvalue weighted by Crippen LogP contribution is -2.46. The molecule has 1 aromatic carbocycles. The minimum absolute atomic E-state index is 0.171. The number of hydrogen-bond donors (Lipinski definition) is 1. The highest BCUT2D eigenvalue weighted by molar-refractivity contribution is 5.95. The first-order valence-electron chi connectivity index (χ1n) is 8.03. The van der Waals surface area contributed by atoms with Gasteiger partial charge in [0.05, 0.1) is 5.56 Å². The number of carbonyl (C=O) groups excluding carboxylic acids is 2. The zero-order valence-corrected chi connectivity index (χ0v) is 13.9. The lowest BCUT2D eigenvalue weighted by molar-refractivity contribution is 0.0691. The van der Waals surface area contributed by atoms with Crippen molar-refractivity contribution in [2.75, 3.05) is 13.1 Å². The molecular weight excluding hydrogens is 351 g/mol. The van der Waals surface area contributed by atoms with Crippen LogP contribution in [0, 0.1) is 24.4 Å². The number of benzene rings is 1. The molecular formula is C17H16F3N3O3. The molecule has 1 saturated heterocycles. The highest BCUT2D eigenvalue weighted by atomic mass is 19.2. The lowest BCUT2D eigenvalue weighted by atomic mass is 10.0. The molecule has 2 aromatic rings. The number of carbonyl (C=O) groups is 2. The van der Waals surface area contributed by atoms with Gasteiger partial charge < -0.3 is 14.7 Å². The molecule has 0 radical (unpaired) electrons. The Labute approximate surface area is 146 Å². The summed E-state index contributed by atoms with van der Waals surface area (Å²) in [6.45, 7) is 2.17. The lowest BCUT2D eigenvalue weighted by Gasteiger charge is -2.32. The van der Waals surface area contributed by atoms with E-state index in [9.17, 15) is 22.8 Å². The first kappa shape index (κ1) is 18.0. The molecule has 0 atom stereocenters. The molecule has 3 rings (SSSR count). The van der Waals surface area contributed by atoms with Crippen LogP contribution in [0.15, 0.2) is 22.7 Å². The number of rotatable bonds is 3. The van der Waals surface area contributed by atoms with Crippen LogP contribution < -0.4 is 5.32 Å². The molecule has 6 nitrogen and oxygen atoms in total. The fraction of sp³-hybridized carbons (Fsp3) is 0.353. The summed E-state index contributed by atoms with van der Waals surface area (Å²) >= 11 is 0. The van der Waals surface area contributed by atoms with Crippen molar-refractivity contribution in [3.8, 4) is 0 Å². The predicted molar refractivity (Wildman–Crippen MR) is 83.9 cm³/mol. The largest absolute Gasteiger partial charge is 0.361 e. The number of amides is 2. The number of nitrogens with zero attached hydrogens (tertiary/aromatic N) is 2. The van der Waals surface area contributed by atoms with E-state index in [1.54, 1.807) is 6.92 Å². The van der Waals surface area contributed by atoms with Crippen LogP contribution in [-0.4, -0.2) is 41.0 Å². The van der Waals surface area contributed by atoms with Crippen molar-refractivity contribution in [1.82, 2.24) is 15.4 Å². The van der Waals surface area contributed by atoms with Crippen molar-refractivity contribution in [2.24, 2.45) is 0 Å². The van der Waals surface area contributed by atoms with Crippen molar-refractivity contribution in [3.05, 3.63) is 52.7 Å². The second-order valence-corrected chi connectivity index (χ2v) is 6.09. The van der Waals surface area contributed by atoms with Gasteiger partial charge in [0.1, 0.15) is 5.76 Å². The summed E-state index contributed by atoms with van der Waals surface area (Å²) in [7, 11) is 0. The van der Waals surface area contributed by atoms with E-state index in [2.05, 4.69) is 10.5 Å². The van der Waals surface area contributed by atoms with Gasteiger partial charge >= 0.3 is 0 Å². The van der Waals surface area contributed by atoms with Crippen molar-refractivity contribution in [1.29, 1.82) is 0 Å². The molecule has 1 aromatic heterocycles. The third-order valence-electron chi connectivity index (χ3n) is 4.24. The van der Waals surface area contributed by atoms with Crippen molar-refractivity contribution < 1.29 is 27.3 Å². The van der Waals surface area contributed by atoms with Crippen LogP contribution in [0.1, 0.15) is 39.4 Å². The van der Waals surface area contributed by atoms with E-state index in [1.165, 1.54) is 11.0 Å². The maximum absolute atomic E-state index is 13.8. The first-order chi connectivity index (χ1) is 12.4. The molecule has 0 unspecified atom stereocenters. The van der Waals surface area contributed by atoms with Crippen molar-refractivity contribution in [2.45, 2.75) is 25.8 Å². The average Bonchev–Trinajstić information content (AvgIpc) is 3.06. The summed E-state index contributed by atoms with van der Waals surface area (Å²) in [5, 5.41) is 6.42. The molecule has 26 heavy (non-hydrogen) atoms. The summed E-state index contributed by atoms with van der Waals surface area (Å²) < 4.78 is 44.9. The highest BCUT2D eigenvalue weighted by Crippen LogP contribution is 2.19. The van der Waals surface area contributed by atoms with Gasteiger partial charge in [-0.25, -0.2) is 13.2 Å². The number of piperidine rings is 1. The topological polar surface area (TPSA) is 75.4 Å². The van der Waals surface area contributed by atoms with Gasteiger partial charge in [0.15, 0.2) is 23.1 Å². The second-order valence-electron chi connectivity index (χ2n) is 6.09. The summed E-state index contributed by atoms with van der Waals surface area (Å²) in [5.41, 5.74) is -0.339. The van der Waals surface area contributed by atoms with Crippen LogP contribution in [0.25, 0.3) is 0 Å². The minimum Gasteiger partial charge on any atom is -0.361 e.